The highest BCUT2D eigenvalue weighted by molar-refractivity contribution is 6.07. The number of hydrogen-bond donors (Lipinski definition) is 0. The van der Waals surface area contributed by atoms with Gasteiger partial charge < -0.3 is 18.9 Å². The normalized spacial score (nSPS) is 13.3. The third kappa shape index (κ3) is 3.97. The Hall–Kier alpha value is -2.93. The van der Waals surface area contributed by atoms with Crippen LogP contribution in [0.15, 0.2) is 30.3 Å². The van der Waals surface area contributed by atoms with Gasteiger partial charge in [-0.3, -0.25) is 4.79 Å². The second-order valence-electron chi connectivity index (χ2n) is 8.26. The third-order valence-corrected chi connectivity index (χ3v) is 6.31. The Balaban J connectivity index is 1.96. The highest BCUT2D eigenvalue weighted by Crippen LogP contribution is 2.44. The Morgan fingerprint density at radius 3 is 2.50 bits per heavy atom. The van der Waals surface area contributed by atoms with Gasteiger partial charge in [0, 0.05) is 30.7 Å². The summed E-state index contributed by atoms with van der Waals surface area (Å²) in [6.07, 6.45) is 0.139. The van der Waals surface area contributed by atoms with Crippen LogP contribution >= 0.6 is 0 Å². The molecular formula is C25H28F2N2O3. The van der Waals surface area contributed by atoms with Gasteiger partial charge in [0.1, 0.15) is 0 Å². The molecule has 170 valence electrons. The SMILES string of the molecule is COC(=O)Cc1c(C)c2c3c(cc(C)n3CCN2CCOC(F)F)c1-c1ccc(C)cc1. The maximum absolute atomic E-state index is 12.6. The smallest absolute Gasteiger partial charge is 0.345 e. The molecule has 2 aromatic carbocycles. The third-order valence-electron chi connectivity index (χ3n) is 6.31. The molecule has 0 atom stereocenters. The Morgan fingerprint density at radius 1 is 1.12 bits per heavy atom. The van der Waals surface area contributed by atoms with Crippen molar-refractivity contribution in [1.29, 1.82) is 0 Å². The Labute approximate surface area is 186 Å². The van der Waals surface area contributed by atoms with Crippen molar-refractivity contribution in [1.82, 2.24) is 4.57 Å². The Kier molecular flexibility index (Phi) is 6.20. The van der Waals surface area contributed by atoms with Crippen LogP contribution in [0.3, 0.4) is 0 Å². The zero-order valence-electron chi connectivity index (χ0n) is 18.9. The van der Waals surface area contributed by atoms with E-state index >= 15 is 0 Å². The first-order chi connectivity index (χ1) is 15.3. The van der Waals surface area contributed by atoms with E-state index in [0.29, 0.717) is 13.1 Å². The van der Waals surface area contributed by atoms with E-state index in [9.17, 15) is 13.6 Å². The van der Waals surface area contributed by atoms with Crippen molar-refractivity contribution < 1.29 is 23.0 Å². The van der Waals surface area contributed by atoms with Gasteiger partial charge >= 0.3 is 12.6 Å². The standard InChI is InChI=1S/C25H28F2N2O3/c1-15-5-7-18(8-6-15)22-19(14-21(30)31-4)17(3)23-24-20(22)13-16(2)29(24)10-9-28(23)11-12-32-25(26)27/h5-8,13,25H,9-12,14H2,1-4H3. The van der Waals surface area contributed by atoms with Gasteiger partial charge in [-0.05, 0) is 49.1 Å². The van der Waals surface area contributed by atoms with Gasteiger partial charge in [-0.15, -0.1) is 0 Å². The lowest BCUT2D eigenvalue weighted by molar-refractivity contribution is -0.139. The average molecular weight is 443 g/mol. The summed E-state index contributed by atoms with van der Waals surface area (Å²) in [7, 11) is 1.39. The zero-order valence-corrected chi connectivity index (χ0v) is 18.9. The summed E-state index contributed by atoms with van der Waals surface area (Å²) in [5.41, 5.74) is 8.29. The average Bonchev–Trinajstić information content (AvgIpc) is 3.09. The number of alkyl halides is 2. The molecule has 0 aliphatic carbocycles. The largest absolute Gasteiger partial charge is 0.469 e. The fraction of sp³-hybridized carbons (Fsp3) is 0.400. The number of ether oxygens (including phenoxy) is 2. The molecule has 1 aromatic heterocycles. The fourth-order valence-corrected chi connectivity index (χ4v) is 4.76. The van der Waals surface area contributed by atoms with E-state index in [1.165, 1.54) is 7.11 Å². The molecule has 32 heavy (non-hydrogen) atoms. The number of carbonyl (C=O) groups is 1. The van der Waals surface area contributed by atoms with Crippen molar-refractivity contribution in [2.24, 2.45) is 0 Å². The van der Waals surface area contributed by atoms with Crippen LogP contribution in [-0.2, 0) is 27.2 Å². The van der Waals surface area contributed by atoms with Gasteiger partial charge in [0.25, 0.3) is 0 Å². The molecule has 0 saturated heterocycles. The van der Waals surface area contributed by atoms with Gasteiger partial charge in [0.05, 0.1) is 31.3 Å². The number of aryl methyl sites for hydroxylation is 2. The summed E-state index contributed by atoms with van der Waals surface area (Å²) < 4.78 is 36.9. The first-order valence-corrected chi connectivity index (χ1v) is 10.8. The number of esters is 1. The number of hydrogen-bond acceptors (Lipinski definition) is 4. The molecule has 1 aliphatic rings. The van der Waals surface area contributed by atoms with E-state index in [1.54, 1.807) is 0 Å². The predicted octanol–water partition coefficient (Wildman–Crippen LogP) is 5.01. The summed E-state index contributed by atoms with van der Waals surface area (Å²) >= 11 is 0. The maximum atomic E-state index is 12.6. The fourth-order valence-electron chi connectivity index (χ4n) is 4.76. The number of methoxy groups -OCH3 is 1. The summed E-state index contributed by atoms with van der Waals surface area (Å²) in [5.74, 6) is -0.312. The van der Waals surface area contributed by atoms with Gasteiger partial charge in [0.2, 0.25) is 0 Å². The van der Waals surface area contributed by atoms with Crippen LogP contribution < -0.4 is 4.90 Å². The second-order valence-corrected chi connectivity index (χ2v) is 8.26. The number of benzene rings is 2. The maximum Gasteiger partial charge on any atom is 0.345 e. The van der Waals surface area contributed by atoms with Crippen LogP contribution in [0.1, 0.15) is 22.4 Å². The molecule has 0 spiro atoms. The second kappa shape index (κ2) is 8.90. The van der Waals surface area contributed by atoms with E-state index < -0.39 is 6.61 Å². The summed E-state index contributed by atoms with van der Waals surface area (Å²) in [6, 6.07) is 10.5. The molecule has 0 unspecified atom stereocenters. The van der Waals surface area contributed by atoms with Gasteiger partial charge in [-0.2, -0.15) is 8.78 Å². The monoisotopic (exact) mass is 442 g/mol. The number of nitrogens with zero attached hydrogens (tertiary/aromatic N) is 2. The summed E-state index contributed by atoms with van der Waals surface area (Å²) in [5, 5.41) is 1.06. The summed E-state index contributed by atoms with van der Waals surface area (Å²) in [6.45, 7) is 5.08. The quantitative estimate of drug-likeness (QED) is 0.483. The number of anilines is 1. The molecule has 0 amide bonds. The first-order valence-electron chi connectivity index (χ1n) is 10.8. The minimum atomic E-state index is -2.79. The Morgan fingerprint density at radius 2 is 1.84 bits per heavy atom. The lowest BCUT2D eigenvalue weighted by atomic mass is 9.88. The van der Waals surface area contributed by atoms with Crippen molar-refractivity contribution in [2.45, 2.75) is 40.3 Å². The van der Waals surface area contributed by atoms with E-state index in [2.05, 4.69) is 51.5 Å². The van der Waals surface area contributed by atoms with Crippen LogP contribution in [0.5, 0.6) is 0 Å². The first kappa shape index (κ1) is 22.3. The number of carbonyl (C=O) groups excluding carboxylic acids is 1. The number of aromatic nitrogens is 1. The van der Waals surface area contributed by atoms with Crippen LogP contribution in [0, 0.1) is 20.8 Å². The summed E-state index contributed by atoms with van der Waals surface area (Å²) in [4.78, 5) is 14.5. The van der Waals surface area contributed by atoms with E-state index in [1.807, 2.05) is 13.8 Å². The van der Waals surface area contributed by atoms with Crippen molar-refractivity contribution >= 4 is 22.6 Å². The number of halogens is 2. The molecule has 0 saturated carbocycles. The van der Waals surface area contributed by atoms with E-state index in [0.717, 1.165) is 56.6 Å². The minimum Gasteiger partial charge on any atom is -0.469 e. The highest BCUT2D eigenvalue weighted by Gasteiger charge is 2.29. The van der Waals surface area contributed by atoms with Gasteiger partial charge in [-0.1, -0.05) is 29.8 Å². The van der Waals surface area contributed by atoms with Crippen molar-refractivity contribution in [3.63, 3.8) is 0 Å². The van der Waals surface area contributed by atoms with Gasteiger partial charge in [0.15, 0.2) is 0 Å². The lowest BCUT2D eigenvalue weighted by Crippen LogP contribution is -2.35. The van der Waals surface area contributed by atoms with Crippen molar-refractivity contribution in [3.05, 3.63) is 52.7 Å². The molecule has 0 radical (unpaired) electrons. The molecule has 7 heteroatoms. The lowest BCUT2D eigenvalue weighted by Gasteiger charge is -2.34. The molecule has 2 heterocycles. The molecule has 3 aromatic rings. The van der Waals surface area contributed by atoms with Gasteiger partial charge in [-0.25, -0.2) is 0 Å². The molecule has 4 rings (SSSR count). The molecule has 0 fully saturated rings. The van der Waals surface area contributed by atoms with E-state index in [-0.39, 0.29) is 19.0 Å². The molecule has 0 bridgehead atoms. The predicted molar refractivity (Wildman–Crippen MR) is 121 cm³/mol. The molecule has 1 aliphatic heterocycles. The Bertz CT molecular complexity index is 1150. The number of rotatable bonds is 7. The van der Waals surface area contributed by atoms with Crippen LogP contribution in [0.25, 0.3) is 22.0 Å². The molecule has 0 N–H and O–H groups in total. The van der Waals surface area contributed by atoms with Crippen molar-refractivity contribution in [3.8, 4) is 11.1 Å². The molecular weight excluding hydrogens is 414 g/mol. The highest BCUT2D eigenvalue weighted by atomic mass is 19.3. The van der Waals surface area contributed by atoms with Crippen LogP contribution in [0.4, 0.5) is 14.5 Å². The van der Waals surface area contributed by atoms with Crippen molar-refractivity contribution in [2.75, 3.05) is 31.7 Å². The van der Waals surface area contributed by atoms with Crippen LogP contribution in [-0.4, -0.2) is 44.0 Å². The topological polar surface area (TPSA) is 43.7 Å². The molecule has 5 nitrogen and oxygen atoms in total. The minimum absolute atomic E-state index is 0.0651. The zero-order chi connectivity index (χ0) is 23.0. The van der Waals surface area contributed by atoms with E-state index in [4.69, 9.17) is 4.74 Å². The van der Waals surface area contributed by atoms with Crippen LogP contribution in [0.2, 0.25) is 0 Å².